The number of nitrogens with zero attached hydrogens (tertiary/aromatic N) is 3. The standard InChI is InChI=1S/C22H23ClN4O3S/c1-16-12-18(17(2)27(16)20-9-5-4-6-10-20)14-24-25-22(28)15-26(31(3,29)30)21-11-7-8-19(23)13-21/h4-14H,15H2,1-3H3,(H,25,28)/b24-14-. The maximum Gasteiger partial charge on any atom is 0.260 e. The summed E-state index contributed by atoms with van der Waals surface area (Å²) in [6.07, 6.45) is 2.58. The quantitative estimate of drug-likeness (QED) is 0.433. The van der Waals surface area contributed by atoms with E-state index < -0.39 is 22.5 Å². The van der Waals surface area contributed by atoms with Crippen molar-refractivity contribution in [1.82, 2.24) is 9.99 Å². The van der Waals surface area contributed by atoms with Crippen LogP contribution in [-0.4, -0.2) is 37.9 Å². The zero-order valence-corrected chi connectivity index (χ0v) is 19.0. The number of carbonyl (C=O) groups excluding carboxylic acids is 1. The Bertz CT molecular complexity index is 1220. The second-order valence-corrected chi connectivity index (χ2v) is 9.38. The Morgan fingerprint density at radius 3 is 2.48 bits per heavy atom. The van der Waals surface area contributed by atoms with Gasteiger partial charge in [-0.25, -0.2) is 13.8 Å². The van der Waals surface area contributed by atoms with Gasteiger partial charge in [-0.1, -0.05) is 35.9 Å². The molecule has 3 aromatic rings. The van der Waals surface area contributed by atoms with E-state index in [2.05, 4.69) is 15.1 Å². The first-order valence-corrected chi connectivity index (χ1v) is 11.7. The highest BCUT2D eigenvalue weighted by atomic mass is 35.5. The van der Waals surface area contributed by atoms with Gasteiger partial charge in [0.1, 0.15) is 6.54 Å². The minimum Gasteiger partial charge on any atom is -0.318 e. The molecule has 0 aliphatic carbocycles. The van der Waals surface area contributed by atoms with Gasteiger partial charge in [0.05, 0.1) is 18.2 Å². The van der Waals surface area contributed by atoms with E-state index in [1.165, 1.54) is 6.07 Å². The zero-order valence-electron chi connectivity index (χ0n) is 17.4. The van der Waals surface area contributed by atoms with Crippen LogP contribution in [0.2, 0.25) is 5.02 Å². The van der Waals surface area contributed by atoms with Gasteiger partial charge in [-0.05, 0) is 50.2 Å². The third-order valence-corrected chi connectivity index (χ3v) is 6.04. The Labute approximate surface area is 187 Å². The van der Waals surface area contributed by atoms with Gasteiger partial charge in [0.25, 0.3) is 5.91 Å². The summed E-state index contributed by atoms with van der Waals surface area (Å²) in [6.45, 7) is 3.54. The minimum absolute atomic E-state index is 0.306. The molecule has 3 rings (SSSR count). The van der Waals surface area contributed by atoms with Gasteiger partial charge in [-0.15, -0.1) is 0 Å². The summed E-state index contributed by atoms with van der Waals surface area (Å²) < 4.78 is 27.4. The molecular weight excluding hydrogens is 436 g/mol. The lowest BCUT2D eigenvalue weighted by Crippen LogP contribution is -2.39. The largest absolute Gasteiger partial charge is 0.318 e. The second kappa shape index (κ2) is 9.36. The fourth-order valence-electron chi connectivity index (χ4n) is 3.26. The predicted octanol–water partition coefficient (Wildman–Crippen LogP) is 3.66. The molecule has 0 atom stereocenters. The van der Waals surface area contributed by atoms with Crippen molar-refractivity contribution in [2.75, 3.05) is 17.1 Å². The number of rotatable bonds is 7. The van der Waals surface area contributed by atoms with E-state index in [-0.39, 0.29) is 0 Å². The maximum atomic E-state index is 12.4. The summed E-state index contributed by atoms with van der Waals surface area (Å²) in [7, 11) is -3.69. The lowest BCUT2D eigenvalue weighted by molar-refractivity contribution is -0.119. The topological polar surface area (TPSA) is 83.8 Å². The average molecular weight is 459 g/mol. The van der Waals surface area contributed by atoms with Gasteiger partial charge in [0.15, 0.2) is 0 Å². The molecular formula is C22H23ClN4O3S. The van der Waals surface area contributed by atoms with Crippen molar-refractivity contribution in [3.8, 4) is 5.69 Å². The minimum atomic E-state index is -3.69. The summed E-state index contributed by atoms with van der Waals surface area (Å²) in [4.78, 5) is 12.4. The summed E-state index contributed by atoms with van der Waals surface area (Å²) in [5, 5.41) is 4.38. The number of para-hydroxylation sites is 1. The Balaban J connectivity index is 1.73. The Morgan fingerprint density at radius 1 is 1.13 bits per heavy atom. The molecule has 0 radical (unpaired) electrons. The van der Waals surface area contributed by atoms with E-state index in [9.17, 15) is 13.2 Å². The van der Waals surface area contributed by atoms with E-state index in [0.29, 0.717) is 10.7 Å². The predicted molar refractivity (Wildman–Crippen MR) is 125 cm³/mol. The molecule has 1 amide bonds. The number of sulfonamides is 1. The fourth-order valence-corrected chi connectivity index (χ4v) is 4.30. The molecule has 1 aromatic heterocycles. The van der Waals surface area contributed by atoms with Gasteiger partial charge in [0, 0.05) is 27.7 Å². The molecule has 0 fully saturated rings. The number of nitrogens with one attached hydrogen (secondary N) is 1. The van der Waals surface area contributed by atoms with Crippen LogP contribution in [0.1, 0.15) is 17.0 Å². The molecule has 0 spiro atoms. The van der Waals surface area contributed by atoms with E-state index in [0.717, 1.165) is 33.2 Å². The van der Waals surface area contributed by atoms with Gasteiger partial charge in [0.2, 0.25) is 10.0 Å². The normalized spacial score (nSPS) is 11.6. The second-order valence-electron chi connectivity index (χ2n) is 7.04. The lowest BCUT2D eigenvalue weighted by atomic mass is 10.2. The van der Waals surface area contributed by atoms with Crippen molar-refractivity contribution >= 4 is 39.4 Å². The van der Waals surface area contributed by atoms with Gasteiger partial charge in [-0.2, -0.15) is 5.10 Å². The van der Waals surface area contributed by atoms with Crippen LogP contribution in [0.5, 0.6) is 0 Å². The average Bonchev–Trinajstić information content (AvgIpc) is 2.99. The van der Waals surface area contributed by atoms with Crippen molar-refractivity contribution in [3.05, 3.63) is 82.6 Å². The highest BCUT2D eigenvalue weighted by Crippen LogP contribution is 2.22. The summed E-state index contributed by atoms with van der Waals surface area (Å²) in [5.41, 5.74) is 6.58. The first-order chi connectivity index (χ1) is 14.7. The van der Waals surface area contributed by atoms with Crippen molar-refractivity contribution in [1.29, 1.82) is 0 Å². The first-order valence-electron chi connectivity index (χ1n) is 9.46. The van der Waals surface area contributed by atoms with Crippen molar-refractivity contribution < 1.29 is 13.2 Å². The van der Waals surface area contributed by atoms with E-state index in [1.807, 2.05) is 50.2 Å². The number of halogens is 1. The van der Waals surface area contributed by atoms with Crippen LogP contribution in [0.25, 0.3) is 5.69 Å². The zero-order chi connectivity index (χ0) is 22.6. The maximum absolute atomic E-state index is 12.4. The molecule has 7 nitrogen and oxygen atoms in total. The highest BCUT2D eigenvalue weighted by Gasteiger charge is 2.21. The molecule has 31 heavy (non-hydrogen) atoms. The SMILES string of the molecule is Cc1cc(/C=N\NC(=O)CN(c2cccc(Cl)c2)S(C)(=O)=O)c(C)n1-c1ccccc1. The molecule has 162 valence electrons. The Morgan fingerprint density at radius 2 is 1.84 bits per heavy atom. The molecule has 1 N–H and O–H groups in total. The number of benzene rings is 2. The van der Waals surface area contributed by atoms with Gasteiger partial charge < -0.3 is 4.57 Å². The van der Waals surface area contributed by atoms with Crippen LogP contribution in [0.15, 0.2) is 65.8 Å². The Kier molecular flexibility index (Phi) is 6.82. The summed E-state index contributed by atoms with van der Waals surface area (Å²) >= 11 is 5.95. The summed E-state index contributed by atoms with van der Waals surface area (Å²) in [6, 6.07) is 18.2. The fraction of sp³-hybridized carbons (Fsp3) is 0.182. The van der Waals surface area contributed by atoms with Crippen LogP contribution < -0.4 is 9.73 Å². The van der Waals surface area contributed by atoms with E-state index in [1.54, 1.807) is 24.4 Å². The molecule has 0 unspecified atom stereocenters. The molecule has 0 bridgehead atoms. The monoisotopic (exact) mass is 458 g/mol. The molecule has 0 saturated carbocycles. The van der Waals surface area contributed by atoms with Crippen LogP contribution >= 0.6 is 11.6 Å². The summed E-state index contributed by atoms with van der Waals surface area (Å²) in [5.74, 6) is -0.571. The number of anilines is 1. The third kappa shape index (κ3) is 5.53. The number of hydrogen-bond donors (Lipinski definition) is 1. The van der Waals surface area contributed by atoms with Crippen molar-refractivity contribution in [2.24, 2.45) is 5.10 Å². The van der Waals surface area contributed by atoms with Crippen LogP contribution in [-0.2, 0) is 14.8 Å². The highest BCUT2D eigenvalue weighted by molar-refractivity contribution is 7.92. The number of aryl methyl sites for hydroxylation is 1. The van der Waals surface area contributed by atoms with Crippen molar-refractivity contribution in [2.45, 2.75) is 13.8 Å². The molecule has 0 aliphatic rings. The number of carbonyl (C=O) groups is 1. The lowest BCUT2D eigenvalue weighted by Gasteiger charge is -2.21. The van der Waals surface area contributed by atoms with Crippen LogP contribution in [0, 0.1) is 13.8 Å². The Hall–Kier alpha value is -3.10. The van der Waals surface area contributed by atoms with Crippen LogP contribution in [0.3, 0.4) is 0 Å². The van der Waals surface area contributed by atoms with E-state index in [4.69, 9.17) is 11.6 Å². The van der Waals surface area contributed by atoms with E-state index >= 15 is 0 Å². The smallest absolute Gasteiger partial charge is 0.260 e. The third-order valence-electron chi connectivity index (χ3n) is 4.66. The number of hydrogen-bond acceptors (Lipinski definition) is 4. The number of hydrazone groups is 1. The number of amides is 1. The molecule has 9 heteroatoms. The first kappa shape index (κ1) is 22.6. The van der Waals surface area contributed by atoms with Crippen molar-refractivity contribution in [3.63, 3.8) is 0 Å². The van der Waals surface area contributed by atoms with Gasteiger partial charge in [-0.3, -0.25) is 9.10 Å². The molecule has 2 aromatic carbocycles. The number of aromatic nitrogens is 1. The van der Waals surface area contributed by atoms with Crippen LogP contribution in [0.4, 0.5) is 5.69 Å². The molecule has 0 saturated heterocycles. The molecule has 1 heterocycles. The molecule has 0 aliphatic heterocycles. The van der Waals surface area contributed by atoms with Gasteiger partial charge >= 0.3 is 0 Å².